The van der Waals surface area contributed by atoms with E-state index in [1.54, 1.807) is 0 Å². The van der Waals surface area contributed by atoms with Gasteiger partial charge in [-0.25, -0.2) is 4.39 Å². The summed E-state index contributed by atoms with van der Waals surface area (Å²) in [6, 6.07) is 1.25. The third-order valence-corrected chi connectivity index (χ3v) is 6.78. The van der Waals surface area contributed by atoms with Crippen LogP contribution >= 0.6 is 0 Å². The molecule has 1 aromatic heterocycles. The Balaban J connectivity index is 1.61. The van der Waals surface area contributed by atoms with Gasteiger partial charge in [0.1, 0.15) is 17.3 Å². The molecule has 34 heavy (non-hydrogen) atoms. The van der Waals surface area contributed by atoms with Gasteiger partial charge in [-0.2, -0.15) is 13.2 Å². The fraction of sp³-hybridized carbons (Fsp3) is 0.565. The summed E-state index contributed by atoms with van der Waals surface area (Å²) in [7, 11) is 1.33. The van der Waals surface area contributed by atoms with Crippen molar-refractivity contribution in [3.05, 3.63) is 34.6 Å². The van der Waals surface area contributed by atoms with Gasteiger partial charge in [-0.1, -0.05) is 0 Å². The Kier molecular flexibility index (Phi) is 5.89. The lowest BCUT2D eigenvalue weighted by Gasteiger charge is -2.29. The number of rotatable bonds is 6. The summed E-state index contributed by atoms with van der Waals surface area (Å²) >= 11 is 0. The first kappa shape index (κ1) is 23.3. The van der Waals surface area contributed by atoms with Crippen LogP contribution in [0.3, 0.4) is 0 Å². The zero-order valence-electron chi connectivity index (χ0n) is 18.5. The first-order chi connectivity index (χ1) is 16.2. The van der Waals surface area contributed by atoms with E-state index in [0.717, 1.165) is 37.3 Å². The Hall–Kier alpha value is -2.50. The van der Waals surface area contributed by atoms with Crippen LogP contribution in [0.4, 0.5) is 23.4 Å². The SMILES string of the molecule is COCOc1cc(C(F)(F)F)c(F)cc1-c1nnc(NC2CCC[C@H]2O)c2c1CC1(CC1)OC2. The summed E-state index contributed by atoms with van der Waals surface area (Å²) in [5, 5.41) is 22.1. The van der Waals surface area contributed by atoms with Gasteiger partial charge in [-0.3, -0.25) is 0 Å². The van der Waals surface area contributed by atoms with Crippen LogP contribution in [0.5, 0.6) is 5.75 Å². The van der Waals surface area contributed by atoms with Crippen LogP contribution in [0, 0.1) is 5.82 Å². The number of anilines is 1. The van der Waals surface area contributed by atoms with E-state index in [1.807, 2.05) is 0 Å². The Morgan fingerprint density at radius 3 is 2.65 bits per heavy atom. The van der Waals surface area contributed by atoms with E-state index >= 15 is 0 Å². The molecule has 2 atom stereocenters. The monoisotopic (exact) mass is 483 g/mol. The Bertz CT molecular complexity index is 1090. The Morgan fingerprint density at radius 1 is 1.21 bits per heavy atom. The molecule has 5 rings (SSSR count). The summed E-state index contributed by atoms with van der Waals surface area (Å²) in [6.07, 6.45) is -0.854. The summed E-state index contributed by atoms with van der Waals surface area (Å²) in [5.41, 5.74) is -0.0147. The molecule has 1 unspecified atom stereocenters. The molecule has 11 heteroatoms. The lowest BCUT2D eigenvalue weighted by atomic mass is 9.92. The highest BCUT2D eigenvalue weighted by atomic mass is 19.4. The number of aromatic nitrogens is 2. The first-order valence-electron chi connectivity index (χ1n) is 11.2. The topological polar surface area (TPSA) is 85.7 Å². The molecule has 2 aliphatic carbocycles. The van der Waals surface area contributed by atoms with Crippen molar-refractivity contribution in [2.24, 2.45) is 0 Å². The van der Waals surface area contributed by atoms with E-state index in [9.17, 15) is 22.7 Å². The van der Waals surface area contributed by atoms with E-state index < -0.39 is 23.7 Å². The van der Waals surface area contributed by atoms with Crippen LogP contribution in [0.1, 0.15) is 48.8 Å². The molecule has 2 N–H and O–H groups in total. The molecule has 1 aliphatic heterocycles. The van der Waals surface area contributed by atoms with Crippen molar-refractivity contribution in [3.63, 3.8) is 0 Å². The summed E-state index contributed by atoms with van der Waals surface area (Å²) < 4.78 is 71.0. The highest BCUT2D eigenvalue weighted by Crippen LogP contribution is 2.50. The second kappa shape index (κ2) is 8.62. The minimum absolute atomic E-state index is 0.0662. The number of aliphatic hydroxyl groups excluding tert-OH is 1. The first-order valence-corrected chi connectivity index (χ1v) is 11.2. The maximum atomic E-state index is 14.6. The largest absolute Gasteiger partial charge is 0.467 e. The third kappa shape index (κ3) is 4.32. The van der Waals surface area contributed by atoms with Crippen molar-refractivity contribution in [3.8, 4) is 17.0 Å². The molecule has 2 aromatic rings. The number of halogens is 4. The maximum absolute atomic E-state index is 14.6. The number of hydrogen-bond acceptors (Lipinski definition) is 7. The number of methoxy groups -OCH3 is 1. The molecule has 3 aliphatic rings. The molecule has 2 heterocycles. The molecular weight excluding hydrogens is 458 g/mol. The summed E-state index contributed by atoms with van der Waals surface area (Å²) in [5.74, 6) is -1.16. The number of alkyl halides is 3. The van der Waals surface area contributed by atoms with Crippen molar-refractivity contribution >= 4 is 5.82 Å². The van der Waals surface area contributed by atoms with E-state index in [1.165, 1.54) is 7.11 Å². The maximum Gasteiger partial charge on any atom is 0.419 e. The molecular formula is C23H25F4N3O4. The van der Waals surface area contributed by atoms with E-state index in [-0.39, 0.29) is 42.0 Å². The van der Waals surface area contributed by atoms with Crippen molar-refractivity contribution < 1.29 is 36.9 Å². The van der Waals surface area contributed by atoms with Gasteiger partial charge in [-0.05, 0) is 49.8 Å². The van der Waals surface area contributed by atoms with Crippen molar-refractivity contribution in [1.82, 2.24) is 10.2 Å². The van der Waals surface area contributed by atoms with E-state index in [0.29, 0.717) is 30.3 Å². The van der Waals surface area contributed by atoms with E-state index in [2.05, 4.69) is 15.5 Å². The smallest absolute Gasteiger partial charge is 0.419 e. The molecule has 184 valence electrons. The van der Waals surface area contributed by atoms with Crippen molar-refractivity contribution in [2.45, 2.75) is 69.1 Å². The number of ether oxygens (including phenoxy) is 3. The molecule has 1 aromatic carbocycles. The lowest BCUT2D eigenvalue weighted by Crippen LogP contribution is -2.31. The fourth-order valence-electron chi connectivity index (χ4n) is 4.73. The lowest BCUT2D eigenvalue weighted by molar-refractivity contribution is -0.140. The number of fused-ring (bicyclic) bond motifs is 1. The molecule has 0 amide bonds. The van der Waals surface area contributed by atoms with Gasteiger partial charge >= 0.3 is 6.18 Å². The zero-order valence-corrected chi connectivity index (χ0v) is 18.5. The Morgan fingerprint density at radius 2 is 2.00 bits per heavy atom. The van der Waals surface area contributed by atoms with E-state index in [4.69, 9.17) is 14.2 Å². The Labute approximate surface area is 193 Å². The number of benzene rings is 1. The molecule has 2 saturated carbocycles. The van der Waals surface area contributed by atoms with Crippen LogP contribution in [-0.2, 0) is 28.7 Å². The quantitative estimate of drug-likeness (QED) is 0.470. The molecule has 1 spiro atoms. The van der Waals surface area contributed by atoms with Gasteiger partial charge in [0.2, 0.25) is 0 Å². The van der Waals surface area contributed by atoms with Gasteiger partial charge in [0.25, 0.3) is 0 Å². The van der Waals surface area contributed by atoms with Crippen LogP contribution in [0.25, 0.3) is 11.3 Å². The van der Waals surface area contributed by atoms with Gasteiger partial charge in [-0.15, -0.1) is 10.2 Å². The highest BCUT2D eigenvalue weighted by molar-refractivity contribution is 5.74. The van der Waals surface area contributed by atoms with Gasteiger partial charge in [0, 0.05) is 24.7 Å². The number of nitrogens with zero attached hydrogens (tertiary/aromatic N) is 2. The molecule has 0 radical (unpaired) electrons. The predicted octanol–water partition coefficient (Wildman–Crippen LogP) is 4.21. The predicted molar refractivity (Wildman–Crippen MR) is 113 cm³/mol. The third-order valence-electron chi connectivity index (χ3n) is 6.78. The van der Waals surface area contributed by atoms with Crippen molar-refractivity contribution in [1.29, 1.82) is 0 Å². The molecule has 7 nitrogen and oxygen atoms in total. The average Bonchev–Trinajstić information content (AvgIpc) is 3.41. The standard InChI is InChI=1S/C23H25F4N3O4/c1-32-11-33-19-8-15(23(25,26)27)16(24)7-12(19)20-13-9-22(5-6-22)34-10-14(13)21(30-29-20)28-17-3-2-4-18(17)31/h7-8,17-18,31H,2-6,9-11H2,1H3,(H,28,30)/t17?,18-/m1/s1. The minimum atomic E-state index is -4.89. The van der Waals surface area contributed by atoms with Crippen molar-refractivity contribution in [2.75, 3.05) is 19.2 Å². The summed E-state index contributed by atoms with van der Waals surface area (Å²) in [4.78, 5) is 0. The number of nitrogens with one attached hydrogen (secondary N) is 1. The molecule has 0 saturated heterocycles. The van der Waals surface area contributed by atoms with Crippen LogP contribution < -0.4 is 10.1 Å². The second-order valence-electron chi connectivity index (χ2n) is 9.13. The van der Waals surface area contributed by atoms with Gasteiger partial charge < -0.3 is 24.6 Å². The van der Waals surface area contributed by atoms with Crippen LogP contribution in [0.2, 0.25) is 0 Å². The minimum Gasteiger partial charge on any atom is -0.467 e. The molecule has 0 bridgehead atoms. The van der Waals surface area contributed by atoms with Gasteiger partial charge in [0.05, 0.1) is 29.9 Å². The zero-order chi connectivity index (χ0) is 24.1. The number of hydrogen-bond donors (Lipinski definition) is 2. The average molecular weight is 483 g/mol. The van der Waals surface area contributed by atoms with Gasteiger partial charge in [0.15, 0.2) is 12.6 Å². The number of aliphatic hydroxyl groups is 1. The molecule has 2 fully saturated rings. The van der Waals surface area contributed by atoms with Crippen LogP contribution in [-0.4, -0.2) is 47.0 Å². The summed E-state index contributed by atoms with van der Waals surface area (Å²) in [6.45, 7) is -0.0851. The fourth-order valence-corrected chi connectivity index (χ4v) is 4.73. The normalized spacial score (nSPS) is 23.1. The second-order valence-corrected chi connectivity index (χ2v) is 9.13. The van der Waals surface area contributed by atoms with Crippen LogP contribution in [0.15, 0.2) is 12.1 Å². The highest BCUT2D eigenvalue weighted by Gasteiger charge is 2.48.